The Kier molecular flexibility index (Phi) is 3.49. The summed E-state index contributed by atoms with van der Waals surface area (Å²) in [5.41, 5.74) is 0.471. The molecule has 0 unspecified atom stereocenters. The Labute approximate surface area is 99.7 Å². The highest BCUT2D eigenvalue weighted by atomic mass is 16.5. The third-order valence-corrected chi connectivity index (χ3v) is 2.62. The van der Waals surface area contributed by atoms with Crippen LogP contribution in [0, 0.1) is 0 Å². The Morgan fingerprint density at radius 2 is 2.12 bits per heavy atom. The molecule has 5 heteroatoms. The lowest BCUT2D eigenvalue weighted by Gasteiger charge is -2.27. The van der Waals surface area contributed by atoms with Gasteiger partial charge >= 0.3 is 0 Å². The molecule has 5 nitrogen and oxygen atoms in total. The fourth-order valence-corrected chi connectivity index (χ4v) is 1.65. The largest absolute Gasteiger partial charge is 0.493 e. The van der Waals surface area contributed by atoms with Gasteiger partial charge < -0.3 is 19.5 Å². The molecule has 0 aliphatic carbocycles. The van der Waals surface area contributed by atoms with Crippen LogP contribution in [0.3, 0.4) is 0 Å². The van der Waals surface area contributed by atoms with Gasteiger partial charge in [0.05, 0.1) is 39.0 Å². The van der Waals surface area contributed by atoms with Gasteiger partial charge in [-0.25, -0.2) is 0 Å². The first kappa shape index (κ1) is 11.7. The smallest absolute Gasteiger partial charge is 0.255 e. The molecule has 17 heavy (non-hydrogen) atoms. The number of hydrogen-bond acceptors (Lipinski definition) is 4. The highest BCUT2D eigenvalue weighted by Crippen LogP contribution is 2.30. The highest BCUT2D eigenvalue weighted by Gasteiger charge is 2.23. The van der Waals surface area contributed by atoms with Crippen molar-refractivity contribution in [2.45, 2.75) is 6.04 Å². The van der Waals surface area contributed by atoms with E-state index in [1.165, 1.54) is 7.11 Å². The summed E-state index contributed by atoms with van der Waals surface area (Å²) >= 11 is 0. The molecule has 1 aliphatic rings. The predicted octanol–water partition coefficient (Wildman–Crippen LogP) is 0.832. The van der Waals surface area contributed by atoms with Crippen molar-refractivity contribution in [1.29, 1.82) is 0 Å². The Balaban J connectivity index is 2.20. The van der Waals surface area contributed by atoms with E-state index >= 15 is 0 Å². The fraction of sp³-hybridized carbons (Fsp3) is 0.417. The van der Waals surface area contributed by atoms with Gasteiger partial charge in [0.1, 0.15) is 0 Å². The molecule has 1 aromatic rings. The van der Waals surface area contributed by atoms with E-state index in [0.717, 1.165) is 0 Å². The van der Waals surface area contributed by atoms with E-state index in [-0.39, 0.29) is 11.9 Å². The lowest BCUT2D eigenvalue weighted by atomic mass is 10.1. The van der Waals surface area contributed by atoms with E-state index in [0.29, 0.717) is 30.3 Å². The highest BCUT2D eigenvalue weighted by molar-refractivity contribution is 5.98. The van der Waals surface area contributed by atoms with E-state index in [1.54, 1.807) is 25.3 Å². The Morgan fingerprint density at radius 1 is 1.35 bits per heavy atom. The number of benzene rings is 1. The van der Waals surface area contributed by atoms with Crippen molar-refractivity contribution in [2.24, 2.45) is 0 Å². The summed E-state index contributed by atoms with van der Waals surface area (Å²) < 4.78 is 15.3. The summed E-state index contributed by atoms with van der Waals surface area (Å²) in [6.07, 6.45) is 0. The van der Waals surface area contributed by atoms with Crippen molar-refractivity contribution in [3.8, 4) is 11.5 Å². The van der Waals surface area contributed by atoms with Crippen LogP contribution in [0.15, 0.2) is 18.2 Å². The van der Waals surface area contributed by atoms with E-state index in [9.17, 15) is 4.79 Å². The quantitative estimate of drug-likeness (QED) is 0.842. The molecule has 92 valence electrons. The minimum absolute atomic E-state index is 0.0957. The van der Waals surface area contributed by atoms with Crippen molar-refractivity contribution in [1.82, 2.24) is 5.32 Å². The van der Waals surface area contributed by atoms with Gasteiger partial charge in [0.2, 0.25) is 0 Å². The fourth-order valence-electron chi connectivity index (χ4n) is 1.65. The minimum atomic E-state index is -0.172. The molecule has 1 amide bonds. The zero-order valence-corrected chi connectivity index (χ0v) is 9.86. The zero-order valence-electron chi connectivity index (χ0n) is 9.86. The second kappa shape index (κ2) is 5.05. The first-order chi connectivity index (χ1) is 8.26. The lowest BCUT2D eigenvalue weighted by Crippen LogP contribution is -2.48. The second-order valence-corrected chi connectivity index (χ2v) is 3.75. The van der Waals surface area contributed by atoms with Crippen molar-refractivity contribution < 1.29 is 19.0 Å². The molecule has 0 spiro atoms. The summed E-state index contributed by atoms with van der Waals surface area (Å²) in [7, 11) is 3.06. The maximum Gasteiger partial charge on any atom is 0.255 e. The number of methoxy groups -OCH3 is 2. The molecular formula is C12H15NO4. The van der Waals surface area contributed by atoms with Crippen molar-refractivity contribution in [2.75, 3.05) is 27.4 Å². The predicted molar refractivity (Wildman–Crippen MR) is 61.6 cm³/mol. The number of ether oxygens (including phenoxy) is 3. The first-order valence-corrected chi connectivity index (χ1v) is 5.36. The van der Waals surface area contributed by atoms with Crippen LogP contribution in [0.2, 0.25) is 0 Å². The zero-order chi connectivity index (χ0) is 12.3. The standard InChI is InChI=1S/C12H15NO4/c1-15-10-5-3-4-9(11(10)16-2)12(14)13-8-6-17-7-8/h3-5,8H,6-7H2,1-2H3,(H,13,14). The van der Waals surface area contributed by atoms with E-state index in [4.69, 9.17) is 14.2 Å². The third kappa shape index (κ3) is 2.34. The van der Waals surface area contributed by atoms with Crippen molar-refractivity contribution in [3.63, 3.8) is 0 Å². The van der Waals surface area contributed by atoms with Crippen LogP contribution in [-0.4, -0.2) is 39.4 Å². The van der Waals surface area contributed by atoms with Crippen LogP contribution in [0.1, 0.15) is 10.4 Å². The van der Waals surface area contributed by atoms with Gasteiger partial charge in [-0.05, 0) is 12.1 Å². The number of para-hydroxylation sites is 1. The van der Waals surface area contributed by atoms with Gasteiger partial charge in [-0.15, -0.1) is 0 Å². The number of carbonyl (C=O) groups is 1. The molecule has 1 aromatic carbocycles. The van der Waals surface area contributed by atoms with Gasteiger partial charge in [-0.2, -0.15) is 0 Å². The maximum absolute atomic E-state index is 12.0. The van der Waals surface area contributed by atoms with Crippen LogP contribution < -0.4 is 14.8 Å². The summed E-state index contributed by atoms with van der Waals surface area (Å²) in [5.74, 6) is 0.826. The normalized spacial score (nSPS) is 14.9. The number of amides is 1. The molecule has 1 heterocycles. The number of carbonyl (C=O) groups excluding carboxylic acids is 1. The summed E-state index contributed by atoms with van der Waals surface area (Å²) in [6, 6.07) is 5.31. The number of nitrogens with one attached hydrogen (secondary N) is 1. The van der Waals surface area contributed by atoms with Crippen LogP contribution >= 0.6 is 0 Å². The average Bonchev–Trinajstić information content (AvgIpc) is 2.32. The average molecular weight is 237 g/mol. The van der Waals surface area contributed by atoms with E-state index < -0.39 is 0 Å². The molecule has 0 saturated carbocycles. The van der Waals surface area contributed by atoms with Gasteiger partial charge in [-0.3, -0.25) is 4.79 Å². The third-order valence-electron chi connectivity index (χ3n) is 2.62. The molecule has 1 fully saturated rings. The van der Waals surface area contributed by atoms with Crippen molar-refractivity contribution in [3.05, 3.63) is 23.8 Å². The maximum atomic E-state index is 12.0. The summed E-state index contributed by atoms with van der Waals surface area (Å²) in [6.45, 7) is 1.13. The molecular weight excluding hydrogens is 222 g/mol. The Morgan fingerprint density at radius 3 is 2.65 bits per heavy atom. The molecule has 1 aliphatic heterocycles. The Hall–Kier alpha value is -1.75. The molecule has 0 bridgehead atoms. The minimum Gasteiger partial charge on any atom is -0.493 e. The van der Waals surface area contributed by atoms with E-state index in [2.05, 4.69) is 5.32 Å². The van der Waals surface area contributed by atoms with Crippen LogP contribution in [-0.2, 0) is 4.74 Å². The molecule has 0 atom stereocenters. The van der Waals surface area contributed by atoms with Crippen LogP contribution in [0.5, 0.6) is 11.5 Å². The van der Waals surface area contributed by atoms with Gasteiger partial charge in [0.15, 0.2) is 11.5 Å². The SMILES string of the molecule is COc1cccc(C(=O)NC2COC2)c1OC. The molecule has 1 saturated heterocycles. The monoisotopic (exact) mass is 237 g/mol. The van der Waals surface area contributed by atoms with Gasteiger partial charge in [-0.1, -0.05) is 6.07 Å². The van der Waals surface area contributed by atoms with Crippen molar-refractivity contribution >= 4 is 5.91 Å². The lowest BCUT2D eigenvalue weighted by molar-refractivity contribution is -0.00351. The van der Waals surface area contributed by atoms with Crippen LogP contribution in [0.4, 0.5) is 0 Å². The van der Waals surface area contributed by atoms with Gasteiger partial charge in [0.25, 0.3) is 5.91 Å². The topological polar surface area (TPSA) is 56.8 Å². The summed E-state index contributed by atoms with van der Waals surface area (Å²) in [5, 5.41) is 2.86. The molecule has 2 rings (SSSR count). The van der Waals surface area contributed by atoms with E-state index in [1.807, 2.05) is 0 Å². The second-order valence-electron chi connectivity index (χ2n) is 3.75. The molecule has 0 aromatic heterocycles. The Bertz CT molecular complexity index is 415. The van der Waals surface area contributed by atoms with Crippen LogP contribution in [0.25, 0.3) is 0 Å². The number of hydrogen-bond donors (Lipinski definition) is 1. The number of rotatable bonds is 4. The first-order valence-electron chi connectivity index (χ1n) is 5.36. The van der Waals surface area contributed by atoms with Gasteiger partial charge in [0, 0.05) is 0 Å². The summed E-state index contributed by atoms with van der Waals surface area (Å²) in [4.78, 5) is 12.0. The molecule has 1 N–H and O–H groups in total. The molecule has 0 radical (unpaired) electrons.